The van der Waals surface area contributed by atoms with E-state index in [2.05, 4.69) is 4.98 Å². The normalized spacial score (nSPS) is 14.9. The SMILES string of the molecule is Cc1ccc(N2CCN(C(=O)c3ncccc3O)CC2=O)cc1. The van der Waals surface area contributed by atoms with Crippen molar-refractivity contribution in [1.82, 2.24) is 9.88 Å². The predicted octanol–water partition coefficient (Wildman–Crippen LogP) is 1.58. The molecule has 6 nitrogen and oxygen atoms in total. The number of carbonyl (C=O) groups is 2. The number of benzene rings is 1. The number of anilines is 1. The summed E-state index contributed by atoms with van der Waals surface area (Å²) < 4.78 is 0. The highest BCUT2D eigenvalue weighted by molar-refractivity contribution is 6.01. The summed E-state index contributed by atoms with van der Waals surface area (Å²) in [6.45, 7) is 2.78. The zero-order chi connectivity index (χ0) is 16.4. The van der Waals surface area contributed by atoms with Crippen LogP contribution in [0.25, 0.3) is 0 Å². The van der Waals surface area contributed by atoms with E-state index in [9.17, 15) is 14.7 Å². The first-order chi connectivity index (χ1) is 11.1. The van der Waals surface area contributed by atoms with Crippen LogP contribution in [0.4, 0.5) is 5.69 Å². The fourth-order valence-corrected chi connectivity index (χ4v) is 2.56. The van der Waals surface area contributed by atoms with Gasteiger partial charge in [-0.3, -0.25) is 9.59 Å². The van der Waals surface area contributed by atoms with Gasteiger partial charge in [0.15, 0.2) is 5.69 Å². The average molecular weight is 311 g/mol. The van der Waals surface area contributed by atoms with Crippen LogP contribution in [-0.2, 0) is 4.79 Å². The molecule has 0 saturated carbocycles. The van der Waals surface area contributed by atoms with Gasteiger partial charge in [0, 0.05) is 25.0 Å². The molecule has 2 amide bonds. The van der Waals surface area contributed by atoms with E-state index in [1.807, 2.05) is 31.2 Å². The van der Waals surface area contributed by atoms with Crippen molar-refractivity contribution in [2.24, 2.45) is 0 Å². The molecular weight excluding hydrogens is 294 g/mol. The van der Waals surface area contributed by atoms with Gasteiger partial charge in [-0.15, -0.1) is 0 Å². The van der Waals surface area contributed by atoms with Crippen LogP contribution in [-0.4, -0.2) is 46.4 Å². The zero-order valence-electron chi connectivity index (χ0n) is 12.8. The number of hydrogen-bond donors (Lipinski definition) is 1. The summed E-state index contributed by atoms with van der Waals surface area (Å²) in [6, 6.07) is 10.7. The van der Waals surface area contributed by atoms with Gasteiger partial charge in [-0.05, 0) is 31.2 Å². The van der Waals surface area contributed by atoms with Crippen LogP contribution >= 0.6 is 0 Å². The average Bonchev–Trinajstić information content (AvgIpc) is 2.55. The van der Waals surface area contributed by atoms with Crippen LogP contribution in [0.3, 0.4) is 0 Å². The molecule has 2 heterocycles. The second-order valence-corrected chi connectivity index (χ2v) is 5.48. The molecule has 2 aromatic rings. The smallest absolute Gasteiger partial charge is 0.276 e. The molecule has 23 heavy (non-hydrogen) atoms. The number of carbonyl (C=O) groups excluding carboxylic acids is 2. The number of aryl methyl sites for hydroxylation is 1. The molecule has 1 aliphatic rings. The molecule has 0 unspecified atom stereocenters. The molecule has 0 aliphatic carbocycles. The van der Waals surface area contributed by atoms with Gasteiger partial charge in [0.2, 0.25) is 5.91 Å². The Balaban J connectivity index is 1.74. The molecule has 118 valence electrons. The van der Waals surface area contributed by atoms with Gasteiger partial charge in [-0.1, -0.05) is 17.7 Å². The summed E-state index contributed by atoms with van der Waals surface area (Å²) in [6.07, 6.45) is 1.44. The Hall–Kier alpha value is -2.89. The largest absolute Gasteiger partial charge is 0.505 e. The number of aromatic nitrogens is 1. The van der Waals surface area contributed by atoms with Crippen molar-refractivity contribution in [2.75, 3.05) is 24.5 Å². The number of rotatable bonds is 2. The number of pyridine rings is 1. The fourth-order valence-electron chi connectivity index (χ4n) is 2.56. The molecule has 1 saturated heterocycles. The van der Waals surface area contributed by atoms with E-state index in [0.717, 1.165) is 11.3 Å². The standard InChI is InChI=1S/C17H17N3O3/c1-12-4-6-13(7-5-12)20-10-9-19(11-15(20)22)17(23)16-14(21)3-2-8-18-16/h2-8,21H,9-11H2,1H3. The summed E-state index contributed by atoms with van der Waals surface area (Å²) in [5, 5.41) is 9.73. The Morgan fingerprint density at radius 1 is 1.17 bits per heavy atom. The lowest BCUT2D eigenvalue weighted by Gasteiger charge is -2.34. The van der Waals surface area contributed by atoms with E-state index >= 15 is 0 Å². The minimum atomic E-state index is -0.431. The number of piperazine rings is 1. The molecule has 1 aliphatic heterocycles. The Morgan fingerprint density at radius 3 is 2.57 bits per heavy atom. The predicted molar refractivity (Wildman–Crippen MR) is 85.3 cm³/mol. The highest BCUT2D eigenvalue weighted by atomic mass is 16.3. The highest BCUT2D eigenvalue weighted by Gasteiger charge is 2.30. The lowest BCUT2D eigenvalue weighted by molar-refractivity contribution is -0.120. The third-order valence-electron chi connectivity index (χ3n) is 3.84. The highest BCUT2D eigenvalue weighted by Crippen LogP contribution is 2.20. The minimum Gasteiger partial charge on any atom is -0.505 e. The molecular formula is C17H17N3O3. The maximum atomic E-state index is 12.4. The monoisotopic (exact) mass is 311 g/mol. The van der Waals surface area contributed by atoms with Crippen molar-refractivity contribution in [3.05, 3.63) is 53.9 Å². The maximum Gasteiger partial charge on any atom is 0.276 e. The van der Waals surface area contributed by atoms with Crippen molar-refractivity contribution in [3.8, 4) is 5.75 Å². The van der Waals surface area contributed by atoms with E-state index in [-0.39, 0.29) is 23.9 Å². The van der Waals surface area contributed by atoms with Crippen LogP contribution in [0.1, 0.15) is 16.1 Å². The van der Waals surface area contributed by atoms with Crippen LogP contribution in [0.5, 0.6) is 5.75 Å². The van der Waals surface area contributed by atoms with Crippen LogP contribution in [0.2, 0.25) is 0 Å². The second-order valence-electron chi connectivity index (χ2n) is 5.48. The van der Waals surface area contributed by atoms with E-state index in [1.165, 1.54) is 17.2 Å². The van der Waals surface area contributed by atoms with Crippen molar-refractivity contribution >= 4 is 17.5 Å². The lowest BCUT2D eigenvalue weighted by Crippen LogP contribution is -2.52. The van der Waals surface area contributed by atoms with Gasteiger partial charge in [-0.2, -0.15) is 0 Å². The molecule has 3 rings (SSSR count). The van der Waals surface area contributed by atoms with Crippen molar-refractivity contribution in [2.45, 2.75) is 6.92 Å². The lowest BCUT2D eigenvalue weighted by atomic mass is 10.2. The molecule has 1 aromatic carbocycles. The van der Waals surface area contributed by atoms with Crippen molar-refractivity contribution in [1.29, 1.82) is 0 Å². The third kappa shape index (κ3) is 3.01. The Morgan fingerprint density at radius 2 is 1.91 bits per heavy atom. The molecule has 0 spiro atoms. The topological polar surface area (TPSA) is 73.7 Å². The van der Waals surface area contributed by atoms with E-state index in [0.29, 0.717) is 13.1 Å². The van der Waals surface area contributed by atoms with Gasteiger partial charge < -0.3 is 14.9 Å². The summed E-state index contributed by atoms with van der Waals surface area (Å²) >= 11 is 0. The van der Waals surface area contributed by atoms with Gasteiger partial charge in [-0.25, -0.2) is 4.98 Å². The van der Waals surface area contributed by atoms with Gasteiger partial charge in [0.1, 0.15) is 12.3 Å². The first-order valence-corrected chi connectivity index (χ1v) is 7.36. The molecule has 0 bridgehead atoms. The Bertz CT molecular complexity index is 743. The molecule has 6 heteroatoms. The van der Waals surface area contributed by atoms with E-state index in [1.54, 1.807) is 11.0 Å². The zero-order valence-corrected chi connectivity index (χ0v) is 12.8. The third-order valence-corrected chi connectivity index (χ3v) is 3.84. The van der Waals surface area contributed by atoms with Crippen molar-refractivity contribution < 1.29 is 14.7 Å². The van der Waals surface area contributed by atoms with Crippen LogP contribution in [0, 0.1) is 6.92 Å². The molecule has 1 aromatic heterocycles. The summed E-state index contributed by atoms with van der Waals surface area (Å²) in [7, 11) is 0. The second kappa shape index (κ2) is 6.08. The molecule has 0 radical (unpaired) electrons. The fraction of sp³-hybridized carbons (Fsp3) is 0.235. The van der Waals surface area contributed by atoms with E-state index < -0.39 is 5.91 Å². The van der Waals surface area contributed by atoms with E-state index in [4.69, 9.17) is 0 Å². The number of aromatic hydroxyl groups is 1. The summed E-state index contributed by atoms with van der Waals surface area (Å²) in [5.74, 6) is -0.755. The van der Waals surface area contributed by atoms with Gasteiger partial charge in [0.25, 0.3) is 5.91 Å². The molecule has 1 fully saturated rings. The number of nitrogens with zero attached hydrogens (tertiary/aromatic N) is 3. The molecule has 0 atom stereocenters. The maximum absolute atomic E-state index is 12.4. The summed E-state index contributed by atoms with van der Waals surface area (Å²) in [4.78, 5) is 31.7. The Labute approximate surface area is 134 Å². The first-order valence-electron chi connectivity index (χ1n) is 7.36. The van der Waals surface area contributed by atoms with Crippen LogP contribution in [0.15, 0.2) is 42.6 Å². The van der Waals surface area contributed by atoms with Gasteiger partial charge in [0.05, 0.1) is 0 Å². The van der Waals surface area contributed by atoms with Crippen molar-refractivity contribution in [3.63, 3.8) is 0 Å². The first kappa shape index (κ1) is 15.0. The van der Waals surface area contributed by atoms with Crippen LogP contribution < -0.4 is 4.90 Å². The summed E-state index contributed by atoms with van der Waals surface area (Å²) in [5.41, 5.74) is 1.93. The van der Waals surface area contributed by atoms with Gasteiger partial charge >= 0.3 is 0 Å². The number of amides is 2. The number of hydrogen-bond acceptors (Lipinski definition) is 4. The quantitative estimate of drug-likeness (QED) is 0.914. The molecule has 1 N–H and O–H groups in total. The minimum absolute atomic E-state index is 0.0240. The Kier molecular flexibility index (Phi) is 3.97.